The van der Waals surface area contributed by atoms with Gasteiger partial charge in [-0.15, -0.1) is 0 Å². The van der Waals surface area contributed by atoms with Crippen LogP contribution in [0.25, 0.3) is 6.08 Å². The van der Waals surface area contributed by atoms with Crippen LogP contribution in [0.5, 0.6) is 0 Å². The van der Waals surface area contributed by atoms with Crippen LogP contribution in [-0.2, 0) is 10.0 Å². The Morgan fingerprint density at radius 2 is 2.05 bits per heavy atom. The summed E-state index contributed by atoms with van der Waals surface area (Å²) in [5, 5.41) is 9.30. The molecule has 0 unspecified atom stereocenters. The molecule has 0 fully saturated rings. The lowest BCUT2D eigenvalue weighted by Gasteiger charge is -2.05. The third-order valence-electron chi connectivity index (χ3n) is 2.43. The van der Waals surface area contributed by atoms with Crippen LogP contribution < -0.4 is 4.72 Å². The Balaban J connectivity index is 2.72. The summed E-state index contributed by atoms with van der Waals surface area (Å²) in [6.07, 6.45) is 3.50. The Kier molecular flexibility index (Phi) is 6.52. The first-order valence-electron chi connectivity index (χ1n) is 6.07. The number of rotatable bonds is 6. The van der Waals surface area contributed by atoms with Gasteiger partial charge in [0.25, 0.3) is 10.0 Å². The zero-order chi connectivity index (χ0) is 15.2. The van der Waals surface area contributed by atoms with Gasteiger partial charge in [-0.1, -0.05) is 42.6 Å². The fourth-order valence-electron chi connectivity index (χ4n) is 1.39. The molecule has 7 heteroatoms. The Labute approximate surface area is 129 Å². The van der Waals surface area contributed by atoms with Crippen molar-refractivity contribution in [3.8, 4) is 0 Å². The van der Waals surface area contributed by atoms with Crippen LogP contribution in [0.15, 0.2) is 23.6 Å². The second kappa shape index (κ2) is 7.67. The maximum absolute atomic E-state index is 11.7. The molecule has 110 valence electrons. The largest absolute Gasteiger partial charge is 0.288 e. The summed E-state index contributed by atoms with van der Waals surface area (Å²) in [5.41, 5.74) is 0.616. The molecule has 0 aliphatic carbocycles. The molecule has 4 nitrogen and oxygen atoms in total. The predicted molar refractivity (Wildman–Crippen MR) is 84.8 cm³/mol. The molecule has 0 saturated carbocycles. The van der Waals surface area contributed by atoms with Crippen LogP contribution >= 0.6 is 23.2 Å². The van der Waals surface area contributed by atoms with E-state index in [1.165, 1.54) is 6.08 Å². The standard InChI is InChI=1S/C13H16Cl2N2O2S/c1-2-3-4-13(16)17-20(18,19)8-7-10-5-6-11(14)12(15)9-10/h5-9H,2-4H2,1H3,(H2,16,17). The van der Waals surface area contributed by atoms with Gasteiger partial charge in [-0.3, -0.25) is 10.1 Å². The molecule has 20 heavy (non-hydrogen) atoms. The lowest BCUT2D eigenvalue weighted by atomic mass is 10.2. The zero-order valence-electron chi connectivity index (χ0n) is 11.0. The van der Waals surface area contributed by atoms with E-state index < -0.39 is 10.0 Å². The molecule has 0 aliphatic heterocycles. The number of hydrogen-bond donors (Lipinski definition) is 2. The molecule has 0 spiro atoms. The summed E-state index contributed by atoms with van der Waals surface area (Å²) in [4.78, 5) is 0. The first kappa shape index (κ1) is 17.0. The average molecular weight is 335 g/mol. The van der Waals surface area contributed by atoms with Crippen molar-refractivity contribution in [2.75, 3.05) is 0 Å². The minimum absolute atomic E-state index is 0.00867. The SMILES string of the molecule is CCCCC(=N)NS(=O)(=O)C=Cc1ccc(Cl)c(Cl)c1. The van der Waals surface area contributed by atoms with Gasteiger partial charge < -0.3 is 0 Å². The molecule has 1 aromatic rings. The molecule has 0 amide bonds. The summed E-state index contributed by atoms with van der Waals surface area (Å²) in [7, 11) is -3.66. The fourth-order valence-corrected chi connectivity index (χ4v) is 2.55. The van der Waals surface area contributed by atoms with Gasteiger partial charge in [0.05, 0.1) is 15.5 Å². The Bertz CT molecular complexity index is 613. The molecule has 0 aliphatic rings. The highest BCUT2D eigenvalue weighted by Gasteiger charge is 2.07. The van der Waals surface area contributed by atoms with Gasteiger partial charge in [0.2, 0.25) is 0 Å². The van der Waals surface area contributed by atoms with Crippen molar-refractivity contribution in [3.05, 3.63) is 39.2 Å². The number of benzene rings is 1. The number of hydrogen-bond acceptors (Lipinski definition) is 3. The van der Waals surface area contributed by atoms with Crippen LogP contribution in [-0.4, -0.2) is 14.3 Å². The van der Waals surface area contributed by atoms with Crippen molar-refractivity contribution in [2.45, 2.75) is 26.2 Å². The number of halogens is 2. The maximum Gasteiger partial charge on any atom is 0.255 e. The molecule has 1 rings (SSSR count). The smallest absolute Gasteiger partial charge is 0.255 e. The first-order chi connectivity index (χ1) is 9.34. The van der Waals surface area contributed by atoms with Gasteiger partial charge in [-0.2, -0.15) is 0 Å². The van der Waals surface area contributed by atoms with Gasteiger partial charge in [0, 0.05) is 6.42 Å². The second-order valence-electron chi connectivity index (χ2n) is 4.21. The van der Waals surface area contributed by atoms with E-state index in [1.807, 2.05) is 6.92 Å². The third kappa shape index (κ3) is 5.94. The summed E-state index contributed by atoms with van der Waals surface area (Å²) in [5.74, 6) is -0.00867. The van der Waals surface area contributed by atoms with E-state index in [2.05, 4.69) is 4.72 Å². The highest BCUT2D eigenvalue weighted by molar-refractivity contribution is 7.93. The van der Waals surface area contributed by atoms with Crippen molar-refractivity contribution in [2.24, 2.45) is 0 Å². The molecule has 0 atom stereocenters. The number of nitrogens with one attached hydrogen (secondary N) is 2. The predicted octanol–water partition coefficient (Wildman–Crippen LogP) is 4.05. The van der Waals surface area contributed by atoms with E-state index in [9.17, 15) is 8.42 Å². The zero-order valence-corrected chi connectivity index (χ0v) is 13.3. The molecule has 0 saturated heterocycles. The minimum atomic E-state index is -3.66. The van der Waals surface area contributed by atoms with Crippen LogP contribution in [0, 0.1) is 5.41 Å². The molecule has 1 aromatic carbocycles. The van der Waals surface area contributed by atoms with Gasteiger partial charge >= 0.3 is 0 Å². The monoisotopic (exact) mass is 334 g/mol. The second-order valence-corrected chi connectivity index (χ2v) is 6.59. The molecular formula is C13H16Cl2N2O2S. The summed E-state index contributed by atoms with van der Waals surface area (Å²) in [6.45, 7) is 1.98. The molecule has 0 bridgehead atoms. The molecule has 0 heterocycles. The van der Waals surface area contributed by atoms with Crippen LogP contribution in [0.4, 0.5) is 0 Å². The van der Waals surface area contributed by atoms with E-state index in [4.69, 9.17) is 28.6 Å². The average Bonchev–Trinajstić information content (AvgIpc) is 2.37. The Morgan fingerprint density at radius 1 is 1.35 bits per heavy atom. The topological polar surface area (TPSA) is 70.0 Å². The van der Waals surface area contributed by atoms with Crippen molar-refractivity contribution >= 4 is 45.1 Å². The van der Waals surface area contributed by atoms with Gasteiger partial charge in [-0.25, -0.2) is 8.42 Å². The van der Waals surface area contributed by atoms with Gasteiger partial charge in [0.1, 0.15) is 5.84 Å². The quantitative estimate of drug-likeness (QED) is 0.608. The number of sulfonamides is 1. The van der Waals surface area contributed by atoms with E-state index in [0.29, 0.717) is 22.0 Å². The lowest BCUT2D eigenvalue weighted by Crippen LogP contribution is -2.27. The third-order valence-corrected chi connectivity index (χ3v) is 4.19. The van der Waals surface area contributed by atoms with E-state index >= 15 is 0 Å². The fraction of sp³-hybridized carbons (Fsp3) is 0.308. The highest BCUT2D eigenvalue weighted by atomic mass is 35.5. The summed E-state index contributed by atoms with van der Waals surface area (Å²) in [6, 6.07) is 4.81. The van der Waals surface area contributed by atoms with Crippen LogP contribution in [0.2, 0.25) is 10.0 Å². The summed E-state index contributed by atoms with van der Waals surface area (Å²) < 4.78 is 25.7. The van der Waals surface area contributed by atoms with E-state index in [1.54, 1.807) is 18.2 Å². The maximum atomic E-state index is 11.7. The molecule has 2 N–H and O–H groups in total. The normalized spacial score (nSPS) is 11.8. The van der Waals surface area contributed by atoms with Crippen molar-refractivity contribution < 1.29 is 8.42 Å². The lowest BCUT2D eigenvalue weighted by molar-refractivity contribution is 0.600. The Hall–Kier alpha value is -1.04. The van der Waals surface area contributed by atoms with Crippen molar-refractivity contribution in [3.63, 3.8) is 0 Å². The van der Waals surface area contributed by atoms with E-state index in [-0.39, 0.29) is 5.84 Å². The van der Waals surface area contributed by atoms with Gasteiger partial charge in [-0.05, 0) is 30.2 Å². The van der Waals surface area contributed by atoms with Crippen LogP contribution in [0.1, 0.15) is 31.7 Å². The first-order valence-corrected chi connectivity index (χ1v) is 8.37. The van der Waals surface area contributed by atoms with E-state index in [0.717, 1.165) is 18.2 Å². The minimum Gasteiger partial charge on any atom is -0.288 e. The number of amidine groups is 1. The highest BCUT2D eigenvalue weighted by Crippen LogP contribution is 2.23. The molecule has 0 aromatic heterocycles. The molecular weight excluding hydrogens is 319 g/mol. The summed E-state index contributed by atoms with van der Waals surface area (Å²) >= 11 is 11.6. The van der Waals surface area contributed by atoms with Crippen molar-refractivity contribution in [1.29, 1.82) is 5.41 Å². The molecule has 0 radical (unpaired) electrons. The number of unbranched alkanes of at least 4 members (excludes halogenated alkanes) is 1. The van der Waals surface area contributed by atoms with Crippen LogP contribution in [0.3, 0.4) is 0 Å². The van der Waals surface area contributed by atoms with Gasteiger partial charge in [0.15, 0.2) is 0 Å². The Morgan fingerprint density at radius 3 is 2.65 bits per heavy atom. The van der Waals surface area contributed by atoms with Crippen molar-refractivity contribution in [1.82, 2.24) is 4.72 Å².